The number of carbonyl (C=O) groups is 4. The van der Waals surface area contributed by atoms with Crippen LogP contribution in [0.15, 0.2) is 11.8 Å². The number of carbonyl (C=O) groups excluding carboxylic acids is 4. The third kappa shape index (κ3) is 11.7. The molecule has 0 amide bonds. The SMILES string of the molecule is CCCC1(O)C(O[C@H]2CCC(O)[C@@H](C)O2)C(O)C(O[C@H]2C[C@@H](O)[C@@H](O)[C@H](C)O2)C2Cc3cc4c(OC)c(OC)c(C5=C(OC)C(=O)c6c(O)c7c(c(O)c6C5=O)C(=O)C5(O)C6C7OC5(CCC)C(O[C@H]5CCC(OC7CC[C@H](O)[C@@H](C)O7)[C@@H](C)O5)C(O)C6O[C@H]5C[C@@H](O)[C@@H](O)[C@H](C)O5)c(O)c4c(O)c3C(=O)C21O. The lowest BCUT2D eigenvalue weighted by Crippen LogP contribution is -2.80. The van der Waals surface area contributed by atoms with Gasteiger partial charge < -0.3 is 143 Å². The van der Waals surface area contributed by atoms with E-state index < -0.39 is 309 Å². The van der Waals surface area contributed by atoms with E-state index in [0.717, 1.165) is 21.3 Å². The van der Waals surface area contributed by atoms with Gasteiger partial charge in [0, 0.05) is 49.0 Å². The Bertz CT molecular complexity index is 4050. The molecule has 596 valence electrons. The lowest BCUT2D eigenvalue weighted by atomic mass is 9.53. The van der Waals surface area contributed by atoms with Crippen LogP contribution in [-0.2, 0) is 63.3 Å². The van der Waals surface area contributed by atoms with Gasteiger partial charge in [0.2, 0.25) is 23.1 Å². The Morgan fingerprint density at radius 3 is 1.54 bits per heavy atom. The predicted molar refractivity (Wildman–Crippen MR) is 364 cm³/mol. The van der Waals surface area contributed by atoms with Crippen LogP contribution < -0.4 is 9.47 Å². The number of aliphatic hydroxyl groups excluding tert-OH is 8. The summed E-state index contributed by atoms with van der Waals surface area (Å²) in [4.78, 5) is 64.1. The maximum atomic E-state index is 16.3. The number of allylic oxidation sites excluding steroid dienone is 2. The zero-order valence-corrected chi connectivity index (χ0v) is 61.3. The molecule has 11 aliphatic rings. The molecule has 5 aliphatic carbocycles. The number of benzene rings is 3. The van der Waals surface area contributed by atoms with E-state index in [0.29, 0.717) is 12.8 Å². The van der Waals surface area contributed by atoms with Gasteiger partial charge in [-0.05, 0) is 84.8 Å². The van der Waals surface area contributed by atoms with Gasteiger partial charge in [0.15, 0.2) is 59.9 Å². The van der Waals surface area contributed by atoms with Gasteiger partial charge in [-0.15, -0.1) is 0 Å². The van der Waals surface area contributed by atoms with Crippen molar-refractivity contribution in [3.63, 3.8) is 0 Å². The molecule has 0 spiro atoms. The molecular formula is C75H98O33. The number of methoxy groups -OCH3 is 3. The van der Waals surface area contributed by atoms with Crippen LogP contribution in [0.1, 0.15) is 190 Å². The van der Waals surface area contributed by atoms with Gasteiger partial charge in [0.25, 0.3) is 0 Å². The summed E-state index contributed by atoms with van der Waals surface area (Å²) >= 11 is 0. The summed E-state index contributed by atoms with van der Waals surface area (Å²) in [6, 6.07) is 1.26. The molecule has 108 heavy (non-hydrogen) atoms. The highest BCUT2D eigenvalue weighted by atomic mass is 16.7. The molecule has 0 radical (unpaired) electrons. The fourth-order valence-electron chi connectivity index (χ4n) is 19.4. The number of aliphatic hydroxyl groups is 11. The van der Waals surface area contributed by atoms with E-state index >= 15 is 19.2 Å². The van der Waals surface area contributed by atoms with Gasteiger partial charge in [0.05, 0.1) is 145 Å². The number of phenols is 4. The summed E-state index contributed by atoms with van der Waals surface area (Å²) in [5, 5.41) is 182. The maximum Gasteiger partial charge on any atom is 0.232 e. The zero-order chi connectivity index (χ0) is 77.9. The zero-order valence-electron chi connectivity index (χ0n) is 61.3. The molecule has 16 unspecified atom stereocenters. The fourth-order valence-corrected chi connectivity index (χ4v) is 19.4. The van der Waals surface area contributed by atoms with Crippen molar-refractivity contribution >= 4 is 39.5 Å². The van der Waals surface area contributed by atoms with Crippen LogP contribution in [0.25, 0.3) is 16.3 Å². The van der Waals surface area contributed by atoms with Crippen LogP contribution in [0.3, 0.4) is 0 Å². The summed E-state index contributed by atoms with van der Waals surface area (Å²) in [6.45, 7) is 11.2. The molecule has 14 rings (SSSR count). The van der Waals surface area contributed by atoms with Crippen molar-refractivity contribution < 1.29 is 162 Å². The Balaban J connectivity index is 0.876. The van der Waals surface area contributed by atoms with Crippen LogP contribution in [0.2, 0.25) is 0 Å². The molecule has 3 aromatic rings. The second kappa shape index (κ2) is 28.9. The average molecular weight is 1530 g/mol. The van der Waals surface area contributed by atoms with E-state index in [2.05, 4.69) is 0 Å². The second-order valence-corrected chi connectivity index (χ2v) is 30.9. The molecule has 6 saturated heterocycles. The number of ether oxygens (including phenoxy) is 14. The van der Waals surface area contributed by atoms with Gasteiger partial charge in [0.1, 0.15) is 70.8 Å². The van der Waals surface area contributed by atoms with Gasteiger partial charge in [-0.25, -0.2) is 0 Å². The number of phenolic OH excluding ortho intramolecular Hbond substituents is 4. The van der Waals surface area contributed by atoms with Crippen LogP contribution in [-0.4, -0.2) is 285 Å². The van der Waals surface area contributed by atoms with Crippen molar-refractivity contribution in [3.05, 3.63) is 50.8 Å². The lowest BCUT2D eigenvalue weighted by molar-refractivity contribution is -0.355. The third-order valence-corrected chi connectivity index (χ3v) is 24.8. The number of rotatable bonds is 18. The molecule has 15 N–H and O–H groups in total. The molecule has 33 nitrogen and oxygen atoms in total. The Labute approximate surface area is 619 Å². The van der Waals surface area contributed by atoms with Crippen molar-refractivity contribution in [2.24, 2.45) is 11.8 Å². The number of Topliss-reactive ketones (excluding diaryl/α,β-unsaturated/α-hetero) is 4. The van der Waals surface area contributed by atoms with Gasteiger partial charge in [-0.1, -0.05) is 26.7 Å². The van der Waals surface area contributed by atoms with E-state index in [9.17, 15) is 76.6 Å². The largest absolute Gasteiger partial charge is 0.507 e. The number of fused-ring (bicyclic) bond motifs is 6. The monoisotopic (exact) mass is 1530 g/mol. The van der Waals surface area contributed by atoms with E-state index in [1.54, 1.807) is 34.6 Å². The summed E-state index contributed by atoms with van der Waals surface area (Å²) in [7, 11) is 3.12. The minimum absolute atomic E-state index is 0.00613. The van der Waals surface area contributed by atoms with E-state index in [-0.39, 0.29) is 62.3 Å². The van der Waals surface area contributed by atoms with Crippen molar-refractivity contribution in [2.75, 3.05) is 21.3 Å². The smallest absolute Gasteiger partial charge is 0.232 e. The molecule has 2 saturated carbocycles. The first-order valence-corrected chi connectivity index (χ1v) is 37.2. The molecule has 6 heterocycles. The van der Waals surface area contributed by atoms with Crippen LogP contribution in [0.5, 0.6) is 34.5 Å². The quantitative estimate of drug-likeness (QED) is 0.0804. The van der Waals surface area contributed by atoms with Crippen molar-refractivity contribution in [2.45, 2.75) is 302 Å². The first kappa shape index (κ1) is 78.7. The summed E-state index contributed by atoms with van der Waals surface area (Å²) in [5.41, 5.74) is -17.7. The number of aromatic hydroxyl groups is 4. The van der Waals surface area contributed by atoms with Crippen LogP contribution in [0.4, 0.5) is 0 Å². The van der Waals surface area contributed by atoms with Gasteiger partial charge in [-0.2, -0.15) is 0 Å². The minimum atomic E-state index is -3.15. The van der Waals surface area contributed by atoms with E-state index in [1.165, 1.54) is 19.9 Å². The molecular weight excluding hydrogens is 1430 g/mol. The topological polar surface area (TPSA) is 501 Å². The average Bonchev–Trinajstić information content (AvgIpc) is 1.46. The van der Waals surface area contributed by atoms with Gasteiger partial charge >= 0.3 is 0 Å². The van der Waals surface area contributed by atoms with Crippen molar-refractivity contribution in [1.82, 2.24) is 0 Å². The Morgan fingerprint density at radius 2 is 0.991 bits per heavy atom. The molecule has 6 aliphatic heterocycles. The van der Waals surface area contributed by atoms with E-state index in [1.807, 2.05) is 0 Å². The minimum Gasteiger partial charge on any atom is -0.507 e. The summed E-state index contributed by atoms with van der Waals surface area (Å²) in [5.74, 6) is -16.0. The van der Waals surface area contributed by atoms with Gasteiger partial charge in [-0.3, -0.25) is 19.2 Å². The van der Waals surface area contributed by atoms with Crippen LogP contribution in [0, 0.1) is 11.8 Å². The normalized spacial score (nSPS) is 43.0. The molecule has 4 bridgehead atoms. The predicted octanol–water partition coefficient (Wildman–Crippen LogP) is 1.57. The highest BCUT2D eigenvalue weighted by Gasteiger charge is 2.82. The third-order valence-electron chi connectivity index (χ3n) is 24.8. The maximum absolute atomic E-state index is 16.3. The standard InChI is InChI=1S/C75H98O33/c1-11-19-72(92)70(106-39-17-14-34(77)26(4)99-39)60(88)63(104-41-23-35(78)52(80)28(6)101-41)32-22-30-21-31-44(54(82)43(30)68(90)74(32,72)93)55(83)48(66(97-10)62(31)95-8)47-56(84)45-46(59(87)65(47)96-9)57(85)49-50(58(45)86)69(91)75(94)51-64(49)108-73(75,20-12-2)71(61(89)67(51)105-42-24-36(79)53(81)29(7)102-42)107-40-18-15-37(27(5)100-40)103-38-16-13-33(76)25(3)98-38/h21,25-29,32-42,51-53,60-61,63-64,67,70-71,76-83,85-86,88-89,92-94H,11-20,22-24H2,1-10H3/t25-,26-,27-,28+,29+,32?,33+,34?,35-,36-,37?,38?,39+,40+,41+,42+,51?,52+,53+,60?,61?,63?,64?,67?,70?,71?,72?,73?,74?,75?/m1/s1. The highest BCUT2D eigenvalue weighted by Crippen LogP contribution is 2.69. The van der Waals surface area contributed by atoms with E-state index in [4.69, 9.17) is 66.3 Å². The molecule has 8 fully saturated rings. The molecule has 30 atom stereocenters. The number of hydrogen-bond acceptors (Lipinski definition) is 33. The van der Waals surface area contributed by atoms with Crippen molar-refractivity contribution in [1.29, 1.82) is 0 Å². The number of ketones is 4. The fraction of sp³-hybridized carbons (Fsp3) is 0.707. The Hall–Kier alpha value is -5.94. The Morgan fingerprint density at radius 1 is 0.481 bits per heavy atom. The first-order chi connectivity index (χ1) is 51.1. The summed E-state index contributed by atoms with van der Waals surface area (Å²) < 4.78 is 87.3. The molecule has 0 aromatic heterocycles. The first-order valence-electron chi connectivity index (χ1n) is 37.2. The second-order valence-electron chi connectivity index (χ2n) is 30.9. The molecule has 3 aromatic carbocycles. The number of hydrogen-bond donors (Lipinski definition) is 15. The summed E-state index contributed by atoms with van der Waals surface area (Å²) in [6.07, 6.45) is -31.8. The lowest BCUT2D eigenvalue weighted by Gasteiger charge is -2.60. The molecule has 33 heteroatoms. The Kier molecular flexibility index (Phi) is 21.1. The van der Waals surface area contributed by atoms with Crippen molar-refractivity contribution in [3.8, 4) is 34.5 Å². The van der Waals surface area contributed by atoms with Crippen LogP contribution >= 0.6 is 0 Å². The highest BCUT2D eigenvalue weighted by molar-refractivity contribution is 6.43.